The van der Waals surface area contributed by atoms with Crippen molar-refractivity contribution in [2.24, 2.45) is 5.41 Å². The molecule has 1 aliphatic rings. The Hall–Kier alpha value is -1.36. The molecule has 16 heavy (non-hydrogen) atoms. The number of nitrogens with zero attached hydrogens (tertiary/aromatic N) is 3. The molecule has 88 valence electrons. The van der Waals surface area contributed by atoms with Crippen molar-refractivity contribution in [3.05, 3.63) is 12.3 Å². The minimum absolute atomic E-state index is 0.119. The third-order valence-corrected chi connectivity index (χ3v) is 3.00. The molecule has 0 radical (unpaired) electrons. The van der Waals surface area contributed by atoms with E-state index in [9.17, 15) is 5.11 Å². The zero-order valence-electron chi connectivity index (χ0n) is 9.84. The van der Waals surface area contributed by atoms with Crippen molar-refractivity contribution in [2.45, 2.75) is 20.0 Å². The van der Waals surface area contributed by atoms with Crippen LogP contribution in [0, 0.1) is 5.41 Å². The van der Waals surface area contributed by atoms with Crippen LogP contribution in [0.15, 0.2) is 12.3 Å². The first-order valence-electron chi connectivity index (χ1n) is 5.33. The van der Waals surface area contributed by atoms with Gasteiger partial charge in [-0.2, -0.15) is 4.98 Å². The summed E-state index contributed by atoms with van der Waals surface area (Å²) in [5.74, 6) is 1.16. The van der Waals surface area contributed by atoms with E-state index in [1.807, 2.05) is 18.7 Å². The van der Waals surface area contributed by atoms with E-state index in [2.05, 4.69) is 9.97 Å². The number of β-amino-alcohol motifs (C(OH)–C–C–N with tert-alkyl or cyclic N) is 1. The molecule has 0 saturated carbocycles. The van der Waals surface area contributed by atoms with Crippen LogP contribution in [0.25, 0.3) is 0 Å². The summed E-state index contributed by atoms with van der Waals surface area (Å²) in [6.07, 6.45) is 1.32. The number of rotatable bonds is 2. The molecule has 0 bridgehead atoms. The third kappa shape index (κ3) is 1.95. The van der Waals surface area contributed by atoms with Gasteiger partial charge in [-0.3, -0.25) is 0 Å². The molecule has 5 nitrogen and oxygen atoms in total. The Bertz CT molecular complexity index is 381. The van der Waals surface area contributed by atoms with E-state index in [-0.39, 0.29) is 11.5 Å². The van der Waals surface area contributed by atoms with Gasteiger partial charge in [-0.05, 0) is 0 Å². The van der Waals surface area contributed by atoms with Crippen LogP contribution in [0.1, 0.15) is 13.8 Å². The first-order chi connectivity index (χ1) is 7.53. The van der Waals surface area contributed by atoms with E-state index in [1.54, 1.807) is 19.4 Å². The maximum Gasteiger partial charge on any atom is 0.228 e. The largest absolute Gasteiger partial charge is 0.481 e. The van der Waals surface area contributed by atoms with Gasteiger partial charge in [0.1, 0.15) is 0 Å². The number of hydrogen-bond acceptors (Lipinski definition) is 5. The second kappa shape index (κ2) is 3.90. The first-order valence-corrected chi connectivity index (χ1v) is 5.33. The van der Waals surface area contributed by atoms with Gasteiger partial charge in [0.15, 0.2) is 0 Å². The van der Waals surface area contributed by atoms with Crippen molar-refractivity contribution in [1.82, 2.24) is 9.97 Å². The number of anilines is 1. The monoisotopic (exact) mass is 223 g/mol. The van der Waals surface area contributed by atoms with E-state index >= 15 is 0 Å². The molecular formula is C11H17N3O2. The van der Waals surface area contributed by atoms with Gasteiger partial charge in [0, 0.05) is 30.8 Å². The highest BCUT2D eigenvalue weighted by Gasteiger charge is 2.39. The Morgan fingerprint density at radius 3 is 2.88 bits per heavy atom. The molecule has 0 amide bonds. The highest BCUT2D eigenvalue weighted by molar-refractivity contribution is 5.35. The third-order valence-electron chi connectivity index (χ3n) is 3.00. The summed E-state index contributed by atoms with van der Waals surface area (Å²) >= 11 is 0. The summed E-state index contributed by atoms with van der Waals surface area (Å²) in [7, 11) is 1.58. The van der Waals surface area contributed by atoms with E-state index in [0.29, 0.717) is 18.4 Å². The standard InChI is InChI=1S/C11H17N3O2/c1-11(2)7-14(6-8(11)15)10-12-5-4-9(13-10)16-3/h4-5,8,15H,6-7H2,1-3H3/t8-/m0/s1. The van der Waals surface area contributed by atoms with E-state index < -0.39 is 0 Å². The lowest BCUT2D eigenvalue weighted by Gasteiger charge is -2.20. The number of hydrogen-bond donors (Lipinski definition) is 1. The Kier molecular flexibility index (Phi) is 2.71. The normalized spacial score (nSPS) is 23.5. The summed E-state index contributed by atoms with van der Waals surface area (Å²) in [5.41, 5.74) is -0.119. The van der Waals surface area contributed by atoms with Crippen molar-refractivity contribution in [3.8, 4) is 5.88 Å². The second-order valence-electron chi connectivity index (χ2n) is 4.78. The van der Waals surface area contributed by atoms with Gasteiger partial charge < -0.3 is 14.7 Å². The van der Waals surface area contributed by atoms with Crippen molar-refractivity contribution >= 4 is 5.95 Å². The zero-order chi connectivity index (χ0) is 11.8. The number of aliphatic hydroxyl groups excluding tert-OH is 1. The fourth-order valence-corrected chi connectivity index (χ4v) is 1.87. The molecule has 0 aliphatic carbocycles. The molecule has 0 aromatic carbocycles. The fraction of sp³-hybridized carbons (Fsp3) is 0.636. The molecular weight excluding hydrogens is 206 g/mol. The number of aliphatic hydroxyl groups is 1. The SMILES string of the molecule is COc1ccnc(N2C[C@H](O)C(C)(C)C2)n1. The van der Waals surface area contributed by atoms with Gasteiger partial charge in [-0.15, -0.1) is 0 Å². The maximum atomic E-state index is 9.89. The average Bonchev–Trinajstić information content (AvgIpc) is 2.54. The van der Waals surface area contributed by atoms with Crippen LogP contribution in [0.4, 0.5) is 5.95 Å². The van der Waals surface area contributed by atoms with Crippen LogP contribution in [0.3, 0.4) is 0 Å². The molecule has 1 aromatic heterocycles. The molecule has 0 unspecified atom stereocenters. The molecule has 0 spiro atoms. The Balaban J connectivity index is 2.20. The van der Waals surface area contributed by atoms with E-state index in [4.69, 9.17) is 4.74 Å². The molecule has 1 atom stereocenters. The van der Waals surface area contributed by atoms with Crippen molar-refractivity contribution in [1.29, 1.82) is 0 Å². The quantitative estimate of drug-likeness (QED) is 0.799. The van der Waals surface area contributed by atoms with Crippen LogP contribution in [-0.4, -0.2) is 41.4 Å². The summed E-state index contributed by atoms with van der Waals surface area (Å²) in [6, 6.07) is 1.71. The predicted octanol–water partition coefficient (Wildman–Crippen LogP) is 0.692. The minimum Gasteiger partial charge on any atom is -0.481 e. The molecule has 2 heterocycles. The molecule has 1 N–H and O–H groups in total. The summed E-state index contributed by atoms with van der Waals surface area (Å²) < 4.78 is 5.05. The summed E-state index contributed by atoms with van der Waals surface area (Å²) in [5, 5.41) is 9.89. The van der Waals surface area contributed by atoms with Crippen molar-refractivity contribution < 1.29 is 9.84 Å². The lowest BCUT2D eigenvalue weighted by molar-refractivity contribution is 0.0964. The van der Waals surface area contributed by atoms with Crippen molar-refractivity contribution in [3.63, 3.8) is 0 Å². The van der Waals surface area contributed by atoms with Gasteiger partial charge in [-0.25, -0.2) is 4.98 Å². The summed E-state index contributed by atoms with van der Waals surface area (Å²) in [6.45, 7) is 5.40. The van der Waals surface area contributed by atoms with Crippen LogP contribution >= 0.6 is 0 Å². The Morgan fingerprint density at radius 2 is 2.31 bits per heavy atom. The highest BCUT2D eigenvalue weighted by Crippen LogP contribution is 2.31. The lowest BCUT2D eigenvalue weighted by atomic mass is 9.90. The Morgan fingerprint density at radius 1 is 1.56 bits per heavy atom. The van der Waals surface area contributed by atoms with Crippen LogP contribution < -0.4 is 9.64 Å². The lowest BCUT2D eigenvalue weighted by Crippen LogP contribution is -2.26. The summed E-state index contributed by atoms with van der Waals surface area (Å²) in [4.78, 5) is 10.4. The smallest absolute Gasteiger partial charge is 0.228 e. The maximum absolute atomic E-state index is 9.89. The molecule has 1 saturated heterocycles. The van der Waals surface area contributed by atoms with Gasteiger partial charge in [0.2, 0.25) is 11.8 Å². The minimum atomic E-state index is -0.345. The van der Waals surface area contributed by atoms with Gasteiger partial charge in [-0.1, -0.05) is 13.8 Å². The molecule has 1 aliphatic heterocycles. The molecule has 1 aromatic rings. The van der Waals surface area contributed by atoms with Gasteiger partial charge in [0.05, 0.1) is 13.2 Å². The number of aromatic nitrogens is 2. The fourth-order valence-electron chi connectivity index (χ4n) is 1.87. The second-order valence-corrected chi connectivity index (χ2v) is 4.78. The van der Waals surface area contributed by atoms with Crippen LogP contribution in [0.2, 0.25) is 0 Å². The number of ether oxygens (including phenoxy) is 1. The van der Waals surface area contributed by atoms with E-state index in [0.717, 1.165) is 6.54 Å². The number of methoxy groups -OCH3 is 1. The van der Waals surface area contributed by atoms with Gasteiger partial charge >= 0.3 is 0 Å². The predicted molar refractivity (Wildman–Crippen MR) is 60.6 cm³/mol. The highest BCUT2D eigenvalue weighted by atomic mass is 16.5. The first kappa shape index (κ1) is 11.1. The topological polar surface area (TPSA) is 58.5 Å². The van der Waals surface area contributed by atoms with E-state index in [1.165, 1.54) is 0 Å². The van der Waals surface area contributed by atoms with Crippen LogP contribution in [-0.2, 0) is 0 Å². The van der Waals surface area contributed by atoms with Gasteiger partial charge in [0.25, 0.3) is 0 Å². The zero-order valence-corrected chi connectivity index (χ0v) is 9.84. The molecule has 1 fully saturated rings. The molecule has 5 heteroatoms. The average molecular weight is 223 g/mol. The molecule has 2 rings (SSSR count). The van der Waals surface area contributed by atoms with Crippen LogP contribution in [0.5, 0.6) is 5.88 Å². The van der Waals surface area contributed by atoms with Crippen molar-refractivity contribution in [2.75, 3.05) is 25.1 Å². The Labute approximate surface area is 95.1 Å².